The first-order valence-electron chi connectivity index (χ1n) is 5.79. The molecule has 0 aromatic carbocycles. The zero-order valence-corrected chi connectivity index (χ0v) is 11.3. The second-order valence-corrected chi connectivity index (χ2v) is 5.55. The van der Waals surface area contributed by atoms with Crippen molar-refractivity contribution in [3.8, 4) is 0 Å². The molecule has 1 N–H and O–H groups in total. The van der Waals surface area contributed by atoms with E-state index in [0.29, 0.717) is 6.04 Å². The van der Waals surface area contributed by atoms with E-state index >= 15 is 0 Å². The van der Waals surface area contributed by atoms with Gasteiger partial charge < -0.3 is 5.32 Å². The van der Waals surface area contributed by atoms with Gasteiger partial charge in [0, 0.05) is 29.9 Å². The Balaban J connectivity index is 1.81. The number of thiazole rings is 1. The summed E-state index contributed by atoms with van der Waals surface area (Å²) in [4.78, 5) is 5.82. The van der Waals surface area contributed by atoms with Crippen molar-refractivity contribution in [2.75, 3.05) is 0 Å². The number of hydrogen-bond donors (Lipinski definition) is 1. The van der Waals surface area contributed by atoms with E-state index in [1.165, 1.54) is 4.88 Å². The lowest BCUT2D eigenvalue weighted by atomic mass is 10.3. The van der Waals surface area contributed by atoms with Gasteiger partial charge in [0.05, 0.1) is 12.2 Å². The normalized spacial score (nSPS) is 12.9. The molecule has 1 atom stereocenters. The third-order valence-corrected chi connectivity index (χ3v) is 3.77. The molecule has 4 nitrogen and oxygen atoms in total. The van der Waals surface area contributed by atoms with Gasteiger partial charge in [-0.3, -0.25) is 4.68 Å². The molecule has 0 aliphatic carbocycles. The van der Waals surface area contributed by atoms with Crippen molar-refractivity contribution >= 4 is 11.3 Å². The fraction of sp³-hybridized carbons (Fsp3) is 0.500. The predicted molar refractivity (Wildman–Crippen MR) is 70.1 cm³/mol. The Kier molecular flexibility index (Phi) is 3.91. The highest BCUT2D eigenvalue weighted by Gasteiger charge is 2.06. The number of nitrogens with zero attached hydrogens (tertiary/aromatic N) is 3. The van der Waals surface area contributed by atoms with Crippen LogP contribution in [0.4, 0.5) is 0 Å². The van der Waals surface area contributed by atoms with Gasteiger partial charge in [0.15, 0.2) is 0 Å². The minimum absolute atomic E-state index is 0.388. The van der Waals surface area contributed by atoms with Gasteiger partial charge in [-0.05, 0) is 26.8 Å². The molecule has 2 rings (SSSR count). The first-order chi connectivity index (χ1) is 8.15. The van der Waals surface area contributed by atoms with Crippen LogP contribution in [0.25, 0.3) is 0 Å². The Morgan fingerprint density at radius 2 is 2.29 bits per heavy atom. The van der Waals surface area contributed by atoms with Crippen LogP contribution in [0.15, 0.2) is 18.5 Å². The van der Waals surface area contributed by atoms with Crippen molar-refractivity contribution in [1.82, 2.24) is 20.1 Å². The fourth-order valence-corrected chi connectivity index (χ4v) is 2.51. The second-order valence-electron chi connectivity index (χ2n) is 4.26. The van der Waals surface area contributed by atoms with Crippen molar-refractivity contribution in [1.29, 1.82) is 0 Å². The molecule has 2 aromatic heterocycles. The van der Waals surface area contributed by atoms with Gasteiger partial charge in [-0.2, -0.15) is 5.10 Å². The van der Waals surface area contributed by atoms with Crippen LogP contribution in [0, 0.1) is 13.8 Å². The van der Waals surface area contributed by atoms with Crippen LogP contribution >= 0.6 is 11.3 Å². The van der Waals surface area contributed by atoms with Crippen LogP contribution in [0.2, 0.25) is 0 Å². The molecule has 0 aliphatic rings. The lowest BCUT2D eigenvalue weighted by Crippen LogP contribution is -2.30. The summed E-state index contributed by atoms with van der Waals surface area (Å²) in [5.74, 6) is 0. The maximum absolute atomic E-state index is 4.51. The quantitative estimate of drug-likeness (QED) is 0.884. The maximum atomic E-state index is 4.51. The molecule has 0 radical (unpaired) electrons. The highest BCUT2D eigenvalue weighted by molar-refractivity contribution is 7.11. The Labute approximate surface area is 106 Å². The number of aromatic nitrogens is 3. The molecule has 0 aliphatic heterocycles. The average Bonchev–Trinajstić information content (AvgIpc) is 2.87. The molecular weight excluding hydrogens is 232 g/mol. The number of nitrogens with one attached hydrogen (secondary N) is 1. The Morgan fingerprint density at radius 1 is 1.47 bits per heavy atom. The first-order valence-corrected chi connectivity index (χ1v) is 6.60. The van der Waals surface area contributed by atoms with E-state index in [9.17, 15) is 0 Å². The number of rotatable bonds is 5. The van der Waals surface area contributed by atoms with Gasteiger partial charge >= 0.3 is 0 Å². The maximum Gasteiger partial charge on any atom is 0.107 e. The van der Waals surface area contributed by atoms with Crippen LogP contribution in [0.1, 0.15) is 22.5 Å². The van der Waals surface area contributed by atoms with E-state index in [-0.39, 0.29) is 0 Å². The molecule has 5 heteroatoms. The largest absolute Gasteiger partial charge is 0.306 e. The van der Waals surface area contributed by atoms with Crippen molar-refractivity contribution in [2.24, 2.45) is 0 Å². The van der Waals surface area contributed by atoms with Gasteiger partial charge in [-0.25, -0.2) is 4.98 Å². The van der Waals surface area contributed by atoms with Crippen LogP contribution in [-0.4, -0.2) is 20.8 Å². The van der Waals surface area contributed by atoms with E-state index < -0.39 is 0 Å². The van der Waals surface area contributed by atoms with Gasteiger partial charge in [-0.1, -0.05) is 0 Å². The second kappa shape index (κ2) is 5.42. The van der Waals surface area contributed by atoms with E-state index in [0.717, 1.165) is 23.8 Å². The van der Waals surface area contributed by atoms with Crippen LogP contribution in [-0.2, 0) is 13.1 Å². The Bertz CT molecular complexity index is 441. The van der Waals surface area contributed by atoms with E-state index in [2.05, 4.69) is 36.2 Å². The summed E-state index contributed by atoms with van der Waals surface area (Å²) >= 11 is 1.77. The zero-order valence-electron chi connectivity index (χ0n) is 10.5. The zero-order chi connectivity index (χ0) is 12.3. The number of aryl methyl sites for hydroxylation is 2. The fourth-order valence-electron chi connectivity index (χ4n) is 1.63. The van der Waals surface area contributed by atoms with Crippen molar-refractivity contribution in [3.63, 3.8) is 0 Å². The first kappa shape index (κ1) is 12.3. The summed E-state index contributed by atoms with van der Waals surface area (Å²) in [5.41, 5.74) is 1.14. The molecule has 0 saturated heterocycles. The molecule has 2 heterocycles. The van der Waals surface area contributed by atoms with Crippen LogP contribution in [0.5, 0.6) is 0 Å². The summed E-state index contributed by atoms with van der Waals surface area (Å²) in [5, 5.41) is 8.82. The lowest BCUT2D eigenvalue weighted by Gasteiger charge is -2.12. The minimum Gasteiger partial charge on any atom is -0.306 e. The summed E-state index contributed by atoms with van der Waals surface area (Å²) in [6, 6.07) is 2.33. The molecule has 0 bridgehead atoms. The molecule has 17 heavy (non-hydrogen) atoms. The summed E-state index contributed by atoms with van der Waals surface area (Å²) in [6.45, 7) is 8.05. The highest BCUT2D eigenvalue weighted by atomic mass is 32.1. The number of hydrogen-bond acceptors (Lipinski definition) is 4. The monoisotopic (exact) mass is 250 g/mol. The molecule has 0 amide bonds. The summed E-state index contributed by atoms with van der Waals surface area (Å²) in [7, 11) is 0. The topological polar surface area (TPSA) is 42.7 Å². The molecule has 0 spiro atoms. The highest BCUT2D eigenvalue weighted by Crippen LogP contribution is 2.16. The molecule has 92 valence electrons. The van der Waals surface area contributed by atoms with Gasteiger partial charge in [0.2, 0.25) is 0 Å². The average molecular weight is 250 g/mol. The minimum atomic E-state index is 0.388. The molecular formula is C12H18N4S. The molecule has 1 unspecified atom stereocenters. The van der Waals surface area contributed by atoms with Gasteiger partial charge in [-0.15, -0.1) is 11.3 Å². The third-order valence-electron chi connectivity index (χ3n) is 2.69. The molecule has 0 saturated carbocycles. The SMILES string of the molecule is Cc1nc(CNC(C)Cn2cccn2)sc1C. The Hall–Kier alpha value is -1.20. The van der Waals surface area contributed by atoms with Crippen LogP contribution in [0.3, 0.4) is 0 Å². The van der Waals surface area contributed by atoms with Crippen molar-refractivity contribution in [3.05, 3.63) is 34.0 Å². The Morgan fingerprint density at radius 3 is 2.88 bits per heavy atom. The van der Waals surface area contributed by atoms with Crippen molar-refractivity contribution < 1.29 is 0 Å². The standard InChI is InChI=1S/C12H18N4S/c1-9(8-16-6-4-5-14-16)13-7-12-15-10(2)11(3)17-12/h4-6,9,13H,7-8H2,1-3H3. The smallest absolute Gasteiger partial charge is 0.107 e. The summed E-state index contributed by atoms with van der Waals surface area (Å²) in [6.07, 6.45) is 3.79. The van der Waals surface area contributed by atoms with Crippen molar-refractivity contribution in [2.45, 2.75) is 39.9 Å². The van der Waals surface area contributed by atoms with Crippen LogP contribution < -0.4 is 5.32 Å². The molecule has 0 fully saturated rings. The summed E-state index contributed by atoms with van der Waals surface area (Å²) < 4.78 is 1.94. The predicted octanol–water partition coefficient (Wildman–Crippen LogP) is 2.13. The third kappa shape index (κ3) is 3.38. The van der Waals surface area contributed by atoms with E-state index in [1.807, 2.05) is 16.9 Å². The lowest BCUT2D eigenvalue weighted by molar-refractivity contribution is 0.450. The van der Waals surface area contributed by atoms with E-state index in [4.69, 9.17) is 0 Å². The van der Waals surface area contributed by atoms with E-state index in [1.54, 1.807) is 17.5 Å². The molecule has 2 aromatic rings. The van der Waals surface area contributed by atoms with Gasteiger partial charge in [0.1, 0.15) is 5.01 Å². The van der Waals surface area contributed by atoms with Gasteiger partial charge in [0.25, 0.3) is 0 Å².